The molecule has 9 nitrogen and oxygen atoms in total. The van der Waals surface area contributed by atoms with Gasteiger partial charge in [0.25, 0.3) is 10.0 Å². The first-order valence-corrected chi connectivity index (χ1v) is 11.3. The van der Waals surface area contributed by atoms with Crippen LogP contribution in [0.4, 0.5) is 4.79 Å². The van der Waals surface area contributed by atoms with Crippen LogP contribution >= 0.6 is 15.9 Å². The number of hydrogen-bond donors (Lipinski definition) is 2. The second-order valence-electron chi connectivity index (χ2n) is 7.22. The summed E-state index contributed by atoms with van der Waals surface area (Å²) in [5.74, 6) is -0.772. The highest BCUT2D eigenvalue weighted by Gasteiger charge is 2.36. The molecule has 11 heteroatoms. The molecule has 0 heterocycles. The van der Waals surface area contributed by atoms with Crippen LogP contribution in [0.2, 0.25) is 0 Å². The number of methoxy groups -OCH3 is 1. The van der Waals surface area contributed by atoms with Crippen LogP contribution in [0.25, 0.3) is 0 Å². The molecule has 0 bridgehead atoms. The number of amides is 1. The predicted molar refractivity (Wildman–Crippen MR) is 111 cm³/mol. The molecular weight excluding hydrogens is 466 g/mol. The SMILES string of the molecule is COC(=O)[C@H](CCCCN)N(NS(=O)(=O)c1ccc(Br)cc1)C(=O)OC(C)(C)C. The second kappa shape index (κ2) is 10.9. The minimum Gasteiger partial charge on any atom is -0.467 e. The predicted octanol–water partition coefficient (Wildman–Crippen LogP) is 2.55. The molecule has 1 aromatic rings. The van der Waals surface area contributed by atoms with Crippen molar-refractivity contribution in [3.8, 4) is 0 Å². The van der Waals surface area contributed by atoms with Gasteiger partial charge in [0.15, 0.2) is 6.04 Å². The fourth-order valence-corrected chi connectivity index (χ4v) is 3.63. The molecule has 1 aromatic carbocycles. The fourth-order valence-electron chi connectivity index (χ4n) is 2.31. The Labute approximate surface area is 180 Å². The van der Waals surface area contributed by atoms with Gasteiger partial charge in [-0.1, -0.05) is 15.9 Å². The molecule has 0 aliphatic carbocycles. The van der Waals surface area contributed by atoms with Gasteiger partial charge in [-0.2, -0.15) is 0 Å². The Hall–Kier alpha value is -1.69. The van der Waals surface area contributed by atoms with Crippen molar-refractivity contribution in [1.29, 1.82) is 0 Å². The molecule has 0 aliphatic rings. The van der Waals surface area contributed by atoms with E-state index in [1.807, 2.05) is 0 Å². The minimum atomic E-state index is -4.17. The normalized spacial score (nSPS) is 12.9. The first-order valence-electron chi connectivity index (χ1n) is 8.99. The zero-order valence-electron chi connectivity index (χ0n) is 17.0. The summed E-state index contributed by atoms with van der Waals surface area (Å²) < 4.78 is 36.4. The van der Waals surface area contributed by atoms with Crippen molar-refractivity contribution in [3.05, 3.63) is 28.7 Å². The molecule has 3 N–H and O–H groups in total. The maximum Gasteiger partial charge on any atom is 0.426 e. The summed E-state index contributed by atoms with van der Waals surface area (Å²) in [5, 5.41) is 0.672. The van der Waals surface area contributed by atoms with E-state index in [9.17, 15) is 18.0 Å². The topological polar surface area (TPSA) is 128 Å². The Morgan fingerprint density at radius 1 is 1.21 bits per heavy atom. The summed E-state index contributed by atoms with van der Waals surface area (Å²) >= 11 is 3.23. The lowest BCUT2D eigenvalue weighted by Gasteiger charge is -2.31. The summed E-state index contributed by atoms with van der Waals surface area (Å²) in [6.45, 7) is 5.29. The Morgan fingerprint density at radius 3 is 2.28 bits per heavy atom. The number of nitrogens with zero attached hydrogens (tertiary/aromatic N) is 1. The van der Waals surface area contributed by atoms with Crippen molar-refractivity contribution in [2.45, 2.75) is 56.6 Å². The lowest BCUT2D eigenvalue weighted by atomic mass is 10.1. The monoisotopic (exact) mass is 493 g/mol. The number of unbranched alkanes of at least 4 members (excludes halogenated alkanes) is 1. The number of rotatable bonds is 9. The number of benzene rings is 1. The number of carbonyl (C=O) groups is 2. The number of hydrazine groups is 1. The van der Waals surface area contributed by atoms with E-state index in [1.54, 1.807) is 32.9 Å². The molecule has 1 amide bonds. The zero-order chi connectivity index (χ0) is 22.2. The number of hydrogen-bond acceptors (Lipinski definition) is 7. The lowest BCUT2D eigenvalue weighted by Crippen LogP contribution is -2.56. The van der Waals surface area contributed by atoms with Gasteiger partial charge in [-0.3, -0.25) is 0 Å². The number of nitrogens with one attached hydrogen (secondary N) is 1. The molecule has 164 valence electrons. The number of halogens is 1. The molecule has 1 rings (SSSR count). The van der Waals surface area contributed by atoms with Gasteiger partial charge in [-0.15, -0.1) is 4.83 Å². The van der Waals surface area contributed by atoms with Crippen molar-refractivity contribution in [3.63, 3.8) is 0 Å². The average molecular weight is 494 g/mol. The van der Waals surface area contributed by atoms with Crippen molar-refractivity contribution in [1.82, 2.24) is 9.84 Å². The Balaban J connectivity index is 3.28. The summed E-state index contributed by atoms with van der Waals surface area (Å²) in [5.41, 5.74) is 4.59. The van der Waals surface area contributed by atoms with Crippen LogP contribution in [0.1, 0.15) is 40.0 Å². The number of carbonyl (C=O) groups excluding carboxylic acids is 2. The molecule has 0 fully saturated rings. The van der Waals surface area contributed by atoms with E-state index in [1.165, 1.54) is 12.1 Å². The van der Waals surface area contributed by atoms with Gasteiger partial charge < -0.3 is 15.2 Å². The van der Waals surface area contributed by atoms with Crippen molar-refractivity contribution < 1.29 is 27.5 Å². The first kappa shape index (κ1) is 25.3. The number of ether oxygens (including phenoxy) is 2. The Bertz CT molecular complexity index is 793. The molecule has 0 unspecified atom stereocenters. The van der Waals surface area contributed by atoms with Gasteiger partial charge in [-0.25, -0.2) is 23.0 Å². The van der Waals surface area contributed by atoms with Gasteiger partial charge in [0.2, 0.25) is 0 Å². The smallest absolute Gasteiger partial charge is 0.426 e. The van der Waals surface area contributed by atoms with E-state index in [0.717, 1.165) is 7.11 Å². The highest BCUT2D eigenvalue weighted by molar-refractivity contribution is 9.10. The van der Waals surface area contributed by atoms with Gasteiger partial charge in [0, 0.05) is 4.47 Å². The van der Waals surface area contributed by atoms with E-state index in [0.29, 0.717) is 28.9 Å². The highest BCUT2D eigenvalue weighted by atomic mass is 79.9. The third kappa shape index (κ3) is 8.29. The quantitative estimate of drug-likeness (QED) is 0.307. The molecular formula is C18H28BrN3O6S. The van der Waals surface area contributed by atoms with Crippen LogP contribution in [0, 0.1) is 0 Å². The summed E-state index contributed by atoms with van der Waals surface area (Å²) in [7, 11) is -3.01. The van der Waals surface area contributed by atoms with Gasteiger partial charge in [0.1, 0.15) is 5.60 Å². The molecule has 1 atom stereocenters. The van der Waals surface area contributed by atoms with Gasteiger partial charge in [0.05, 0.1) is 12.0 Å². The molecule has 0 radical (unpaired) electrons. The molecule has 0 saturated heterocycles. The van der Waals surface area contributed by atoms with E-state index in [-0.39, 0.29) is 11.3 Å². The number of esters is 1. The maximum atomic E-state index is 12.8. The van der Waals surface area contributed by atoms with E-state index >= 15 is 0 Å². The molecule has 0 spiro atoms. The first-order chi connectivity index (χ1) is 13.4. The Morgan fingerprint density at radius 2 is 1.79 bits per heavy atom. The standard InChI is InChI=1S/C18H28BrN3O6S/c1-18(2,3)28-17(24)22(15(16(23)27-4)7-5-6-12-20)21-29(25,26)14-10-8-13(19)9-11-14/h8-11,15,21H,5-7,12,20H2,1-4H3/t15-/m0/s1. The van der Waals surface area contributed by atoms with Crippen LogP contribution in [-0.4, -0.2) is 50.8 Å². The van der Waals surface area contributed by atoms with Crippen LogP contribution in [0.3, 0.4) is 0 Å². The summed E-state index contributed by atoms with van der Waals surface area (Å²) in [4.78, 5) is 27.2. The van der Waals surface area contributed by atoms with Crippen LogP contribution < -0.4 is 10.6 Å². The molecule has 0 aliphatic heterocycles. The van der Waals surface area contributed by atoms with E-state index < -0.39 is 33.7 Å². The summed E-state index contributed by atoms with van der Waals surface area (Å²) in [6.07, 6.45) is 0.206. The molecule has 0 aromatic heterocycles. The zero-order valence-corrected chi connectivity index (χ0v) is 19.4. The maximum absolute atomic E-state index is 12.8. The third-order valence-electron chi connectivity index (χ3n) is 3.65. The number of nitrogens with two attached hydrogens (primary N) is 1. The average Bonchev–Trinajstić information content (AvgIpc) is 2.62. The van der Waals surface area contributed by atoms with Crippen molar-refractivity contribution in [2.75, 3.05) is 13.7 Å². The van der Waals surface area contributed by atoms with Crippen LogP contribution in [0.15, 0.2) is 33.6 Å². The van der Waals surface area contributed by atoms with Crippen molar-refractivity contribution in [2.24, 2.45) is 5.73 Å². The van der Waals surface area contributed by atoms with E-state index in [4.69, 9.17) is 15.2 Å². The lowest BCUT2D eigenvalue weighted by molar-refractivity contribution is -0.147. The van der Waals surface area contributed by atoms with Crippen molar-refractivity contribution >= 4 is 38.0 Å². The minimum absolute atomic E-state index is 0.0835. The summed E-state index contributed by atoms with van der Waals surface area (Å²) in [6, 6.07) is 4.60. The van der Waals surface area contributed by atoms with Gasteiger partial charge in [-0.05, 0) is 70.8 Å². The largest absolute Gasteiger partial charge is 0.467 e. The molecule has 0 saturated carbocycles. The number of sulfonamides is 1. The molecule has 29 heavy (non-hydrogen) atoms. The third-order valence-corrected chi connectivity index (χ3v) is 5.51. The second-order valence-corrected chi connectivity index (χ2v) is 9.80. The Kier molecular flexibility index (Phi) is 9.53. The van der Waals surface area contributed by atoms with Crippen LogP contribution in [-0.2, 0) is 24.3 Å². The fraction of sp³-hybridized carbons (Fsp3) is 0.556. The highest BCUT2D eigenvalue weighted by Crippen LogP contribution is 2.19. The van der Waals surface area contributed by atoms with Gasteiger partial charge >= 0.3 is 12.1 Å². The van der Waals surface area contributed by atoms with Crippen LogP contribution in [0.5, 0.6) is 0 Å². The van der Waals surface area contributed by atoms with E-state index in [2.05, 4.69) is 20.8 Å².